The second kappa shape index (κ2) is 8.56. The second-order valence-electron chi connectivity index (χ2n) is 4.87. The average molecular weight is 429 g/mol. The lowest BCUT2D eigenvalue weighted by molar-refractivity contribution is 0.0599. The largest absolute Gasteiger partial charge is 0.465 e. The summed E-state index contributed by atoms with van der Waals surface area (Å²) >= 11 is 0. The molecule has 0 radical (unpaired) electrons. The number of guanidine groups is 1. The number of nitrogens with zero attached hydrogens (tertiary/aromatic N) is 1. The van der Waals surface area contributed by atoms with Crippen LogP contribution in [0.15, 0.2) is 39.7 Å². The van der Waals surface area contributed by atoms with Crippen LogP contribution >= 0.6 is 24.0 Å². The first-order chi connectivity index (χ1) is 10.5. The van der Waals surface area contributed by atoms with Crippen molar-refractivity contribution in [2.45, 2.75) is 20.4 Å². The van der Waals surface area contributed by atoms with E-state index in [0.29, 0.717) is 17.1 Å². The highest BCUT2D eigenvalue weighted by Crippen LogP contribution is 2.16. The van der Waals surface area contributed by atoms with Crippen LogP contribution in [0.3, 0.4) is 0 Å². The highest BCUT2D eigenvalue weighted by atomic mass is 127. The van der Waals surface area contributed by atoms with Crippen molar-refractivity contribution in [1.82, 2.24) is 0 Å². The standard InChI is InChI=1S/C16H19N3O3.HI/c1-10-5-4-6-12(7-10)19-16(17)18-9-13-8-14(11(2)22-13)15(20)21-3;/h4-8H,9H2,1-3H3,(H3,17,18,19);1H. The van der Waals surface area contributed by atoms with Gasteiger partial charge in [0.2, 0.25) is 0 Å². The Morgan fingerprint density at radius 2 is 2.09 bits per heavy atom. The number of halogens is 1. The maximum Gasteiger partial charge on any atom is 0.341 e. The summed E-state index contributed by atoms with van der Waals surface area (Å²) in [6, 6.07) is 9.42. The maximum atomic E-state index is 11.5. The van der Waals surface area contributed by atoms with Crippen LogP contribution in [-0.4, -0.2) is 19.0 Å². The van der Waals surface area contributed by atoms with Gasteiger partial charge in [-0.25, -0.2) is 9.79 Å². The first kappa shape index (κ1) is 19.0. The molecule has 2 aromatic rings. The van der Waals surface area contributed by atoms with Crippen LogP contribution in [0.25, 0.3) is 0 Å². The van der Waals surface area contributed by atoms with Crippen LogP contribution in [0.5, 0.6) is 0 Å². The van der Waals surface area contributed by atoms with E-state index in [0.717, 1.165) is 11.3 Å². The van der Waals surface area contributed by atoms with Gasteiger partial charge >= 0.3 is 5.97 Å². The number of nitrogens with one attached hydrogen (secondary N) is 1. The number of esters is 1. The van der Waals surface area contributed by atoms with Crippen molar-refractivity contribution in [2.24, 2.45) is 10.7 Å². The number of furan rings is 1. The second-order valence-corrected chi connectivity index (χ2v) is 4.87. The van der Waals surface area contributed by atoms with Crippen molar-refractivity contribution in [3.05, 3.63) is 53.0 Å². The smallest absolute Gasteiger partial charge is 0.341 e. The number of rotatable bonds is 4. The molecular formula is C16H20IN3O3. The first-order valence-corrected chi connectivity index (χ1v) is 6.81. The summed E-state index contributed by atoms with van der Waals surface area (Å²) in [5, 5.41) is 3.00. The fourth-order valence-electron chi connectivity index (χ4n) is 2.01. The fraction of sp³-hybridized carbons (Fsp3) is 0.250. The number of benzene rings is 1. The van der Waals surface area contributed by atoms with Gasteiger partial charge in [0.05, 0.1) is 7.11 Å². The SMILES string of the molecule is COC(=O)c1cc(CN=C(N)Nc2cccc(C)c2)oc1C.I. The van der Waals surface area contributed by atoms with E-state index in [9.17, 15) is 4.79 Å². The number of hydrogen-bond donors (Lipinski definition) is 2. The van der Waals surface area contributed by atoms with E-state index < -0.39 is 5.97 Å². The van der Waals surface area contributed by atoms with Gasteiger partial charge in [-0.15, -0.1) is 24.0 Å². The number of ether oxygens (including phenoxy) is 1. The molecule has 1 heterocycles. The molecule has 3 N–H and O–H groups in total. The third kappa shape index (κ3) is 5.27. The monoisotopic (exact) mass is 429 g/mol. The molecule has 1 aromatic carbocycles. The highest BCUT2D eigenvalue weighted by molar-refractivity contribution is 14.0. The Morgan fingerprint density at radius 1 is 1.35 bits per heavy atom. The van der Waals surface area contributed by atoms with E-state index in [2.05, 4.69) is 15.0 Å². The van der Waals surface area contributed by atoms with Crippen molar-refractivity contribution < 1.29 is 13.9 Å². The normalized spacial score (nSPS) is 10.8. The van der Waals surface area contributed by atoms with Gasteiger partial charge in [0.25, 0.3) is 0 Å². The molecule has 0 saturated heterocycles. The minimum absolute atomic E-state index is 0. The van der Waals surface area contributed by atoms with E-state index in [1.807, 2.05) is 31.2 Å². The number of anilines is 1. The molecule has 0 unspecified atom stereocenters. The van der Waals surface area contributed by atoms with E-state index >= 15 is 0 Å². The van der Waals surface area contributed by atoms with Crippen LogP contribution in [0.2, 0.25) is 0 Å². The van der Waals surface area contributed by atoms with Gasteiger partial charge in [-0.3, -0.25) is 0 Å². The van der Waals surface area contributed by atoms with Crippen LogP contribution in [0.1, 0.15) is 27.4 Å². The number of aliphatic imine (C=N–C) groups is 1. The molecule has 0 amide bonds. The number of carbonyl (C=O) groups is 1. The Bertz CT molecular complexity index is 710. The van der Waals surface area contributed by atoms with Gasteiger partial charge in [-0.05, 0) is 37.6 Å². The van der Waals surface area contributed by atoms with Gasteiger partial charge in [0.1, 0.15) is 23.6 Å². The van der Waals surface area contributed by atoms with Crippen molar-refractivity contribution in [2.75, 3.05) is 12.4 Å². The molecule has 2 rings (SSSR count). The number of aryl methyl sites for hydroxylation is 2. The lowest BCUT2D eigenvalue weighted by Crippen LogP contribution is -2.22. The van der Waals surface area contributed by atoms with Gasteiger partial charge in [0.15, 0.2) is 5.96 Å². The van der Waals surface area contributed by atoms with Gasteiger partial charge in [-0.2, -0.15) is 0 Å². The van der Waals surface area contributed by atoms with Gasteiger partial charge < -0.3 is 20.2 Å². The number of methoxy groups -OCH3 is 1. The van der Waals surface area contributed by atoms with Gasteiger partial charge in [0, 0.05) is 5.69 Å². The third-order valence-corrected chi connectivity index (χ3v) is 3.07. The van der Waals surface area contributed by atoms with Crippen LogP contribution in [0, 0.1) is 13.8 Å². The molecule has 0 aliphatic heterocycles. The summed E-state index contributed by atoms with van der Waals surface area (Å²) < 4.78 is 10.1. The van der Waals surface area contributed by atoms with Crippen molar-refractivity contribution in [1.29, 1.82) is 0 Å². The molecule has 0 saturated carbocycles. The Labute approximate surface area is 152 Å². The fourth-order valence-corrected chi connectivity index (χ4v) is 2.01. The summed E-state index contributed by atoms with van der Waals surface area (Å²) in [6.07, 6.45) is 0. The molecule has 0 bridgehead atoms. The van der Waals surface area contributed by atoms with Crippen molar-refractivity contribution in [3.63, 3.8) is 0 Å². The lowest BCUT2D eigenvalue weighted by Gasteiger charge is -2.05. The molecule has 0 fully saturated rings. The minimum atomic E-state index is -0.428. The van der Waals surface area contributed by atoms with E-state index in [1.165, 1.54) is 7.11 Å². The zero-order valence-electron chi connectivity index (χ0n) is 13.3. The van der Waals surface area contributed by atoms with E-state index in [1.54, 1.807) is 13.0 Å². The minimum Gasteiger partial charge on any atom is -0.465 e. The Hall–Kier alpha value is -2.03. The van der Waals surface area contributed by atoms with Crippen molar-refractivity contribution >= 4 is 41.6 Å². The van der Waals surface area contributed by atoms with Gasteiger partial charge in [-0.1, -0.05) is 12.1 Å². The summed E-state index contributed by atoms with van der Waals surface area (Å²) in [5.74, 6) is 0.899. The van der Waals surface area contributed by atoms with E-state index in [-0.39, 0.29) is 36.5 Å². The molecule has 23 heavy (non-hydrogen) atoms. The topological polar surface area (TPSA) is 89.8 Å². The highest BCUT2D eigenvalue weighted by Gasteiger charge is 2.14. The Morgan fingerprint density at radius 3 is 2.74 bits per heavy atom. The number of hydrogen-bond acceptors (Lipinski definition) is 4. The Kier molecular flexibility index (Phi) is 7.08. The zero-order chi connectivity index (χ0) is 16.1. The van der Waals surface area contributed by atoms with E-state index in [4.69, 9.17) is 10.2 Å². The van der Waals surface area contributed by atoms with Crippen LogP contribution in [0.4, 0.5) is 5.69 Å². The maximum absolute atomic E-state index is 11.5. The predicted molar refractivity (Wildman–Crippen MR) is 100 cm³/mol. The number of carbonyl (C=O) groups excluding carboxylic acids is 1. The molecular weight excluding hydrogens is 409 g/mol. The quantitative estimate of drug-likeness (QED) is 0.337. The van der Waals surface area contributed by atoms with Crippen molar-refractivity contribution in [3.8, 4) is 0 Å². The molecule has 0 aliphatic carbocycles. The summed E-state index contributed by atoms with van der Waals surface area (Å²) in [5.41, 5.74) is 8.24. The first-order valence-electron chi connectivity index (χ1n) is 6.81. The number of nitrogens with two attached hydrogens (primary N) is 1. The van der Waals surface area contributed by atoms with Crippen LogP contribution < -0.4 is 11.1 Å². The molecule has 0 atom stereocenters. The average Bonchev–Trinajstić information content (AvgIpc) is 2.85. The Balaban J connectivity index is 0.00000264. The predicted octanol–water partition coefficient (Wildman–Crippen LogP) is 3.23. The summed E-state index contributed by atoms with van der Waals surface area (Å²) in [7, 11) is 1.33. The summed E-state index contributed by atoms with van der Waals surface area (Å²) in [6.45, 7) is 3.94. The lowest BCUT2D eigenvalue weighted by atomic mass is 10.2. The third-order valence-electron chi connectivity index (χ3n) is 3.07. The molecule has 1 aromatic heterocycles. The molecule has 0 spiro atoms. The molecule has 124 valence electrons. The molecule has 6 nitrogen and oxygen atoms in total. The zero-order valence-corrected chi connectivity index (χ0v) is 15.6. The summed E-state index contributed by atoms with van der Waals surface area (Å²) in [4.78, 5) is 15.7. The molecule has 7 heteroatoms. The molecule has 0 aliphatic rings. The van der Waals surface area contributed by atoms with Crippen LogP contribution in [-0.2, 0) is 11.3 Å².